The van der Waals surface area contributed by atoms with Crippen LogP contribution in [0, 0.1) is 18.8 Å². The second-order valence-corrected chi connectivity index (χ2v) is 23.2. The zero-order valence-corrected chi connectivity index (χ0v) is 46.0. The van der Waals surface area contributed by atoms with E-state index in [9.17, 15) is 19.8 Å². The second-order valence-electron chi connectivity index (χ2n) is 22.0. The van der Waals surface area contributed by atoms with E-state index in [4.69, 9.17) is 40.5 Å². The number of aromatic amines is 1. The normalized spacial score (nSPS) is 24.6. The molecule has 0 radical (unpaired) electrons. The predicted octanol–water partition coefficient (Wildman–Crippen LogP) is 4.73. The Morgan fingerprint density at radius 2 is 1.89 bits per heavy atom. The number of aromatic nitrogens is 8. The molecule has 3 aromatic carbocycles. The van der Waals surface area contributed by atoms with Crippen LogP contribution in [0.4, 0.5) is 10.2 Å². The standard InChI is InChI=1S/C57H60ClFN12O8S/c1-27(2)50(56(75)69-20-35(73)16-43(69)55(74)63-42(22-72)32-9-11-33(12-10-32)53-29(4)61-26-80-53)70-21-41(67-68-70)31-7-5-30(6-8-31)23-77-52-46(45-28(3)38(59)17-39-37(45)19-62-66-39)48(58)51-47-49(52)64-57(79-36-13-14-76-24-36)65-54(47)71-34-15-40(60-18-34)44(71)25-78-51/h5-12,17,19,21,26-28,34-36,38,40,42-44,50,60,66,72-73H,13-16,18,20,22-25H2,1-4H3,(H,63,74)/t28?,34-,35+,36-,38?,40-,42-,43-,44+,50-/m0/s1. The van der Waals surface area contributed by atoms with Gasteiger partial charge in [0, 0.05) is 60.3 Å². The number of H-pyrrole nitrogens is 1. The van der Waals surface area contributed by atoms with Crippen LogP contribution in [-0.2, 0) is 20.9 Å². The van der Waals surface area contributed by atoms with Gasteiger partial charge < -0.3 is 49.6 Å². The van der Waals surface area contributed by atoms with Crippen molar-refractivity contribution in [2.24, 2.45) is 11.8 Å². The Morgan fingerprint density at radius 1 is 1.07 bits per heavy atom. The van der Waals surface area contributed by atoms with Crippen LogP contribution in [0.5, 0.6) is 17.5 Å². The quantitative estimate of drug-likeness (QED) is 0.0933. The van der Waals surface area contributed by atoms with E-state index in [2.05, 4.69) is 41.0 Å². The van der Waals surface area contributed by atoms with E-state index < -0.39 is 48.1 Å². The number of anilines is 1. The van der Waals surface area contributed by atoms with E-state index in [1.807, 2.05) is 76.2 Å². The topological polar surface area (TPSA) is 240 Å². The highest BCUT2D eigenvalue weighted by molar-refractivity contribution is 7.13. The van der Waals surface area contributed by atoms with Gasteiger partial charge in [0.25, 0.3) is 0 Å². The van der Waals surface area contributed by atoms with Crippen LogP contribution in [0.25, 0.3) is 44.3 Å². The van der Waals surface area contributed by atoms with Crippen LogP contribution in [0.1, 0.15) is 74.5 Å². The van der Waals surface area contributed by atoms with Gasteiger partial charge in [-0.15, -0.1) is 16.4 Å². The number of hydrogen-bond acceptors (Lipinski definition) is 17. The summed E-state index contributed by atoms with van der Waals surface area (Å²) in [5.41, 5.74) is 7.83. The number of carbonyl (C=O) groups excluding carboxylic acids is 2. The fourth-order valence-corrected chi connectivity index (χ4v) is 13.6. The number of benzene rings is 3. The number of thiazole rings is 1. The number of hydrogen-bond donors (Lipinski definition) is 5. The minimum atomic E-state index is -1.37. The third-order valence-electron chi connectivity index (χ3n) is 16.6. The highest BCUT2D eigenvalue weighted by Gasteiger charge is 2.50. The molecule has 6 aliphatic rings. The molecule has 7 aromatic rings. The first-order valence-electron chi connectivity index (χ1n) is 27.2. The zero-order valence-electron chi connectivity index (χ0n) is 44.4. The summed E-state index contributed by atoms with van der Waals surface area (Å²) in [6.07, 6.45) is 3.99. The molecule has 0 spiro atoms. The summed E-state index contributed by atoms with van der Waals surface area (Å²) < 4.78 is 43.6. The number of nitrogens with zero attached hydrogens (tertiary/aromatic N) is 9. The summed E-state index contributed by atoms with van der Waals surface area (Å²) >= 11 is 9.17. The number of amides is 2. The van der Waals surface area contributed by atoms with Crippen molar-refractivity contribution in [3.63, 3.8) is 0 Å². The van der Waals surface area contributed by atoms with Gasteiger partial charge in [0.15, 0.2) is 11.5 Å². The van der Waals surface area contributed by atoms with Gasteiger partial charge in [-0.2, -0.15) is 15.1 Å². The van der Waals surface area contributed by atoms with E-state index in [0.717, 1.165) is 34.7 Å². The number of carbonyl (C=O) groups is 2. The van der Waals surface area contributed by atoms with E-state index in [-0.39, 0.29) is 67.4 Å². The molecule has 4 aromatic heterocycles. The number of rotatable bonds is 15. The minimum Gasteiger partial charge on any atom is -0.489 e. The van der Waals surface area contributed by atoms with E-state index >= 15 is 4.39 Å². The van der Waals surface area contributed by atoms with Gasteiger partial charge in [-0.25, -0.2) is 14.1 Å². The van der Waals surface area contributed by atoms with Crippen molar-refractivity contribution in [3.05, 3.63) is 104 Å². The van der Waals surface area contributed by atoms with Gasteiger partial charge >= 0.3 is 6.01 Å². The molecule has 9 heterocycles. The van der Waals surface area contributed by atoms with E-state index in [1.165, 1.54) is 27.0 Å². The molecule has 416 valence electrons. The monoisotopic (exact) mass is 1130 g/mol. The molecule has 5 N–H and O–H groups in total. The van der Waals surface area contributed by atoms with Crippen LogP contribution in [-0.4, -0.2) is 149 Å². The molecule has 23 heteroatoms. The maximum Gasteiger partial charge on any atom is 0.319 e. The lowest BCUT2D eigenvalue weighted by Gasteiger charge is -2.35. The van der Waals surface area contributed by atoms with Crippen molar-refractivity contribution >= 4 is 63.1 Å². The Hall–Kier alpha value is -7.08. The van der Waals surface area contributed by atoms with Crippen molar-refractivity contribution in [2.45, 2.75) is 108 Å². The van der Waals surface area contributed by atoms with Crippen LogP contribution in [0.2, 0.25) is 5.02 Å². The second kappa shape index (κ2) is 21.1. The number of halogens is 2. The highest BCUT2D eigenvalue weighted by atomic mass is 35.5. The van der Waals surface area contributed by atoms with Crippen molar-refractivity contribution in [3.8, 4) is 39.2 Å². The molecule has 5 aliphatic heterocycles. The summed E-state index contributed by atoms with van der Waals surface area (Å²) in [7, 11) is 0. The first-order valence-corrected chi connectivity index (χ1v) is 28.5. The summed E-state index contributed by atoms with van der Waals surface area (Å²) in [5, 5.41) is 46.2. The molecule has 1 aliphatic carbocycles. The number of aliphatic hydroxyl groups is 2. The Balaban J connectivity index is 0.783. The average molecular weight is 1130 g/mol. The number of likely N-dealkylation sites (tertiary alicyclic amines) is 1. The molecule has 2 bridgehead atoms. The van der Waals surface area contributed by atoms with Crippen molar-refractivity contribution in [1.82, 2.24) is 55.7 Å². The van der Waals surface area contributed by atoms with Crippen LogP contribution in [0.15, 0.2) is 66.4 Å². The van der Waals surface area contributed by atoms with Gasteiger partial charge in [0.05, 0.1) is 82.2 Å². The Bertz CT molecular complexity index is 3650. The highest BCUT2D eigenvalue weighted by Crippen LogP contribution is 2.53. The molecular formula is C57H60ClFN12O8S. The Morgan fingerprint density at radius 3 is 2.64 bits per heavy atom. The zero-order chi connectivity index (χ0) is 55.1. The summed E-state index contributed by atoms with van der Waals surface area (Å²) in [5.74, 6) is -0.462. The molecule has 2 unspecified atom stereocenters. The van der Waals surface area contributed by atoms with Gasteiger partial charge in [-0.05, 0) is 47.6 Å². The van der Waals surface area contributed by atoms with Crippen LogP contribution >= 0.6 is 22.9 Å². The van der Waals surface area contributed by atoms with Gasteiger partial charge in [0.2, 0.25) is 11.8 Å². The smallest absolute Gasteiger partial charge is 0.319 e. The molecule has 2 amide bonds. The summed E-state index contributed by atoms with van der Waals surface area (Å²) in [4.78, 5) is 47.9. The fraction of sp³-hybridized carbons (Fsp3) is 0.439. The molecule has 20 nitrogen and oxygen atoms in total. The SMILES string of the molecule is Cc1ncsc1-c1ccc([C@H](CO)NC(=O)[C@@H]2C[C@@H](O)CN2C(=O)[C@H](C(C)C)n2cc(-c3ccc(COc4c(C5=c6cn[nH]c6=CC(F)C5C)c(Cl)c5c6c(nc(O[C@H]7CCOC7)nc46)N4[C@@H]6CN[C@@H](C6)[C@H]4CO5)cc3)nn2)cc1. The van der Waals surface area contributed by atoms with Gasteiger partial charge in [-0.1, -0.05) is 86.1 Å². The number of fused-ring (bicyclic) bond motifs is 7. The first-order chi connectivity index (χ1) is 38.8. The lowest BCUT2D eigenvalue weighted by atomic mass is 9.85. The fourth-order valence-electron chi connectivity index (χ4n) is 12.5. The van der Waals surface area contributed by atoms with Crippen LogP contribution in [0.3, 0.4) is 0 Å². The largest absolute Gasteiger partial charge is 0.489 e. The summed E-state index contributed by atoms with van der Waals surface area (Å²) in [6.45, 7) is 9.25. The molecule has 80 heavy (non-hydrogen) atoms. The molecule has 4 saturated heterocycles. The van der Waals surface area contributed by atoms with Gasteiger partial charge in [-0.3, -0.25) is 14.7 Å². The van der Waals surface area contributed by atoms with E-state index in [0.29, 0.717) is 93.0 Å². The predicted molar refractivity (Wildman–Crippen MR) is 295 cm³/mol. The number of nitrogens with one attached hydrogen (secondary N) is 3. The van der Waals surface area contributed by atoms with Crippen molar-refractivity contribution in [2.75, 3.05) is 44.4 Å². The number of piperazine rings is 1. The Labute approximate surface area is 468 Å². The number of aliphatic hydroxyl groups excluding tert-OH is 2. The maximum absolute atomic E-state index is 16.2. The molecule has 13 rings (SSSR count). The third-order valence-corrected chi connectivity index (χ3v) is 17.9. The summed E-state index contributed by atoms with van der Waals surface area (Å²) in [6, 6.07) is 13.0. The number of ether oxygens (including phenoxy) is 4. The maximum atomic E-state index is 16.2. The lowest BCUT2D eigenvalue weighted by Crippen LogP contribution is -2.53. The Kier molecular flexibility index (Phi) is 13.8. The van der Waals surface area contributed by atoms with Crippen molar-refractivity contribution in [1.29, 1.82) is 0 Å². The van der Waals surface area contributed by atoms with Gasteiger partial charge in [0.1, 0.15) is 54.6 Å². The third kappa shape index (κ3) is 9.22. The first kappa shape index (κ1) is 52.3. The number of alkyl halides is 1. The van der Waals surface area contributed by atoms with E-state index in [1.54, 1.807) is 17.9 Å². The average Bonchev–Trinajstić information content (AvgIpc) is 4.35. The molecule has 4 fully saturated rings. The van der Waals surface area contributed by atoms with Crippen LogP contribution < -0.4 is 40.3 Å². The molecule has 10 atom stereocenters. The number of aryl methyl sites for hydroxylation is 1. The lowest BCUT2D eigenvalue weighted by molar-refractivity contribution is -0.142. The van der Waals surface area contributed by atoms with Crippen molar-refractivity contribution < 1.29 is 43.1 Å². The minimum absolute atomic E-state index is 0.0337. The number of β-amino-alcohol motifs (C(OH)–C–C–N with tert-alkyl or cyclic N) is 1. The molecule has 0 saturated carbocycles. The molecular weight excluding hydrogens is 1070 g/mol.